The van der Waals surface area contributed by atoms with Gasteiger partial charge in [-0.3, -0.25) is 4.79 Å². The first kappa shape index (κ1) is 17.6. The maximum Gasteiger partial charge on any atom is 0.230 e. The Balaban J connectivity index is 1.65. The topological polar surface area (TPSA) is 54.9 Å². The van der Waals surface area contributed by atoms with Crippen LogP contribution in [0.1, 0.15) is 22.2 Å². The molecule has 2 aromatic carbocycles. The Bertz CT molecular complexity index is 806. The van der Waals surface area contributed by atoms with Crippen molar-refractivity contribution in [1.29, 1.82) is 0 Å². The van der Waals surface area contributed by atoms with E-state index in [1.807, 2.05) is 43.3 Å². The van der Waals surface area contributed by atoms with E-state index in [0.717, 1.165) is 21.3 Å². The SMILES string of the molecule is Cc1nnc(SCC(=O)N[C@H](Cc2ccccc2)c2ccccc2)s1. The molecule has 4 nitrogen and oxygen atoms in total. The van der Waals surface area contributed by atoms with Crippen LogP contribution in [-0.4, -0.2) is 21.9 Å². The van der Waals surface area contributed by atoms with Gasteiger partial charge in [0, 0.05) is 0 Å². The van der Waals surface area contributed by atoms with E-state index in [2.05, 4.69) is 39.8 Å². The largest absolute Gasteiger partial charge is 0.348 e. The quantitative estimate of drug-likeness (QED) is 0.639. The van der Waals surface area contributed by atoms with Crippen molar-refractivity contribution in [2.24, 2.45) is 0 Å². The van der Waals surface area contributed by atoms with Crippen LogP contribution in [0.15, 0.2) is 65.0 Å². The van der Waals surface area contributed by atoms with Gasteiger partial charge in [0.1, 0.15) is 5.01 Å². The van der Waals surface area contributed by atoms with E-state index < -0.39 is 0 Å². The summed E-state index contributed by atoms with van der Waals surface area (Å²) in [5.74, 6) is 0.342. The number of hydrogen-bond acceptors (Lipinski definition) is 5. The first-order valence-electron chi connectivity index (χ1n) is 8.02. The molecule has 1 amide bonds. The van der Waals surface area contributed by atoms with Crippen molar-refractivity contribution in [2.75, 3.05) is 5.75 Å². The number of thioether (sulfide) groups is 1. The number of carbonyl (C=O) groups is 1. The predicted molar refractivity (Wildman–Crippen MR) is 103 cm³/mol. The summed E-state index contributed by atoms with van der Waals surface area (Å²) < 4.78 is 0.826. The molecule has 0 bridgehead atoms. The Morgan fingerprint density at radius 3 is 2.40 bits per heavy atom. The molecule has 25 heavy (non-hydrogen) atoms. The van der Waals surface area contributed by atoms with Gasteiger partial charge in [0.25, 0.3) is 0 Å². The molecule has 3 rings (SSSR count). The number of rotatable bonds is 7. The van der Waals surface area contributed by atoms with E-state index >= 15 is 0 Å². The molecule has 0 saturated carbocycles. The molecule has 6 heteroatoms. The summed E-state index contributed by atoms with van der Waals surface area (Å²) in [5.41, 5.74) is 2.31. The third-order valence-corrected chi connectivity index (χ3v) is 5.63. The molecule has 128 valence electrons. The Morgan fingerprint density at radius 2 is 1.76 bits per heavy atom. The number of carbonyl (C=O) groups excluding carboxylic acids is 1. The smallest absolute Gasteiger partial charge is 0.230 e. The average Bonchev–Trinajstić information content (AvgIpc) is 3.06. The summed E-state index contributed by atoms with van der Waals surface area (Å²) in [6.07, 6.45) is 0.763. The van der Waals surface area contributed by atoms with Gasteiger partial charge in [-0.05, 0) is 24.5 Å². The van der Waals surface area contributed by atoms with Gasteiger partial charge in [-0.2, -0.15) is 0 Å². The molecule has 1 atom stereocenters. The van der Waals surface area contributed by atoms with Crippen LogP contribution in [0.3, 0.4) is 0 Å². The minimum absolute atomic E-state index is 0.00244. The molecule has 0 aliphatic heterocycles. The fraction of sp³-hybridized carbons (Fsp3) is 0.211. The lowest BCUT2D eigenvalue weighted by Crippen LogP contribution is -2.31. The van der Waals surface area contributed by atoms with Gasteiger partial charge in [0.2, 0.25) is 5.91 Å². The highest BCUT2D eigenvalue weighted by Gasteiger charge is 2.16. The highest BCUT2D eigenvalue weighted by atomic mass is 32.2. The number of hydrogen-bond donors (Lipinski definition) is 1. The second kappa shape index (κ2) is 8.78. The molecule has 0 aliphatic rings. The standard InChI is InChI=1S/C19H19N3OS2/c1-14-21-22-19(25-14)24-13-18(23)20-17(16-10-6-3-7-11-16)12-15-8-4-2-5-9-15/h2-11,17H,12-13H2,1H3,(H,20,23)/t17-/m1/s1. The average molecular weight is 370 g/mol. The van der Waals surface area contributed by atoms with Crippen LogP contribution >= 0.6 is 23.1 Å². The Hall–Kier alpha value is -2.18. The van der Waals surface area contributed by atoms with Crippen LogP contribution in [0.5, 0.6) is 0 Å². The van der Waals surface area contributed by atoms with Crippen LogP contribution in [0.4, 0.5) is 0 Å². The van der Waals surface area contributed by atoms with Crippen molar-refractivity contribution in [3.63, 3.8) is 0 Å². The van der Waals surface area contributed by atoms with Crippen LogP contribution in [0.2, 0.25) is 0 Å². The van der Waals surface area contributed by atoms with Gasteiger partial charge in [-0.25, -0.2) is 0 Å². The fourth-order valence-corrected chi connectivity index (χ4v) is 4.11. The van der Waals surface area contributed by atoms with Gasteiger partial charge >= 0.3 is 0 Å². The van der Waals surface area contributed by atoms with Gasteiger partial charge in [-0.15, -0.1) is 10.2 Å². The van der Waals surface area contributed by atoms with E-state index in [9.17, 15) is 4.79 Å². The molecule has 1 heterocycles. The molecule has 0 spiro atoms. The van der Waals surface area contributed by atoms with E-state index in [4.69, 9.17) is 0 Å². The summed E-state index contributed by atoms with van der Waals surface area (Å²) in [4.78, 5) is 12.4. The van der Waals surface area contributed by atoms with E-state index in [-0.39, 0.29) is 11.9 Å². The Morgan fingerprint density at radius 1 is 1.08 bits per heavy atom. The van der Waals surface area contributed by atoms with E-state index in [0.29, 0.717) is 5.75 Å². The minimum atomic E-state index is -0.0483. The third kappa shape index (κ3) is 5.41. The van der Waals surface area contributed by atoms with Crippen molar-refractivity contribution >= 4 is 29.0 Å². The Labute approximate surface area is 155 Å². The maximum atomic E-state index is 12.4. The van der Waals surface area contributed by atoms with E-state index in [1.165, 1.54) is 28.7 Å². The van der Waals surface area contributed by atoms with Gasteiger partial charge < -0.3 is 5.32 Å². The van der Waals surface area contributed by atoms with Crippen molar-refractivity contribution in [2.45, 2.75) is 23.7 Å². The van der Waals surface area contributed by atoms with Crippen LogP contribution in [0.25, 0.3) is 0 Å². The minimum Gasteiger partial charge on any atom is -0.348 e. The molecule has 3 aromatic rings. The second-order valence-electron chi connectivity index (χ2n) is 5.60. The normalized spacial score (nSPS) is 11.9. The summed E-state index contributed by atoms with van der Waals surface area (Å²) >= 11 is 2.93. The fourth-order valence-electron chi connectivity index (χ4n) is 2.49. The zero-order valence-corrected chi connectivity index (χ0v) is 15.5. The molecule has 1 aromatic heterocycles. The van der Waals surface area contributed by atoms with Crippen LogP contribution < -0.4 is 5.32 Å². The number of aryl methyl sites for hydroxylation is 1. The number of nitrogens with one attached hydrogen (secondary N) is 1. The zero-order chi connectivity index (χ0) is 17.5. The van der Waals surface area contributed by atoms with Crippen molar-refractivity contribution < 1.29 is 4.79 Å². The molecule has 0 aliphatic carbocycles. The summed E-state index contributed by atoms with van der Waals surface area (Å²) in [6, 6.07) is 20.2. The number of aromatic nitrogens is 2. The molecule has 0 unspecified atom stereocenters. The van der Waals surface area contributed by atoms with E-state index in [1.54, 1.807) is 0 Å². The lowest BCUT2D eigenvalue weighted by atomic mass is 9.99. The lowest BCUT2D eigenvalue weighted by molar-refractivity contribution is -0.119. The van der Waals surface area contributed by atoms with Crippen LogP contribution in [-0.2, 0) is 11.2 Å². The number of nitrogens with zero attached hydrogens (tertiary/aromatic N) is 2. The summed E-state index contributed by atoms with van der Waals surface area (Å²) in [6.45, 7) is 1.91. The molecule has 0 fully saturated rings. The van der Waals surface area contributed by atoms with Crippen molar-refractivity contribution in [3.05, 3.63) is 76.8 Å². The van der Waals surface area contributed by atoms with Crippen LogP contribution in [0, 0.1) is 6.92 Å². The van der Waals surface area contributed by atoms with Gasteiger partial charge in [-0.1, -0.05) is 83.8 Å². The summed E-state index contributed by atoms with van der Waals surface area (Å²) in [5, 5.41) is 12.1. The molecule has 0 saturated heterocycles. The zero-order valence-electron chi connectivity index (χ0n) is 13.9. The van der Waals surface area contributed by atoms with Gasteiger partial charge in [0.15, 0.2) is 4.34 Å². The molecular weight excluding hydrogens is 350 g/mol. The lowest BCUT2D eigenvalue weighted by Gasteiger charge is -2.19. The summed E-state index contributed by atoms with van der Waals surface area (Å²) in [7, 11) is 0. The predicted octanol–water partition coefficient (Wildman–Crippen LogP) is 4.04. The first-order valence-corrected chi connectivity index (χ1v) is 9.82. The highest BCUT2D eigenvalue weighted by molar-refractivity contribution is 8.01. The number of benzene rings is 2. The maximum absolute atomic E-state index is 12.4. The Kier molecular flexibility index (Phi) is 6.19. The first-order chi connectivity index (χ1) is 12.2. The second-order valence-corrected chi connectivity index (χ2v) is 8.00. The molecule has 0 radical (unpaired) electrons. The van der Waals surface area contributed by atoms with Gasteiger partial charge in [0.05, 0.1) is 11.8 Å². The molecule has 1 N–H and O–H groups in total. The molecular formula is C19H19N3OS2. The van der Waals surface area contributed by atoms with Crippen molar-refractivity contribution in [3.8, 4) is 0 Å². The highest BCUT2D eigenvalue weighted by Crippen LogP contribution is 2.23. The monoisotopic (exact) mass is 369 g/mol. The number of amides is 1. The third-order valence-electron chi connectivity index (χ3n) is 3.65. The van der Waals surface area contributed by atoms with Crippen molar-refractivity contribution in [1.82, 2.24) is 15.5 Å².